The molecule has 2 N–H and O–H groups in total. The molecule has 0 saturated heterocycles. The maximum Gasteiger partial charge on any atom is 0.127 e. The number of halogens is 2. The second-order valence-electron chi connectivity index (χ2n) is 4.25. The van der Waals surface area contributed by atoms with Crippen molar-refractivity contribution in [3.05, 3.63) is 59.2 Å². The molecule has 19 heavy (non-hydrogen) atoms. The lowest BCUT2D eigenvalue weighted by Crippen LogP contribution is -2.02. The molecule has 0 aliphatic carbocycles. The zero-order chi connectivity index (χ0) is 14.0. The highest BCUT2D eigenvalue weighted by Gasteiger charge is 2.12. The minimum absolute atomic E-state index is 0.0755. The number of benzene rings is 2. The van der Waals surface area contributed by atoms with Crippen LogP contribution in [0, 0.1) is 18.6 Å². The van der Waals surface area contributed by atoms with Gasteiger partial charge < -0.3 is 5.73 Å². The molecule has 0 radical (unpaired) electrons. The number of hydrogen-bond acceptors (Lipinski definition) is 2. The summed E-state index contributed by atoms with van der Waals surface area (Å²) < 4.78 is 38.8. The molecule has 2 aromatic carbocycles. The number of nitrogens with two attached hydrogens (primary N) is 1. The summed E-state index contributed by atoms with van der Waals surface area (Å²) in [6.07, 6.45) is 0. The molecule has 0 aliphatic rings. The molecule has 0 aliphatic heterocycles. The molecule has 0 heterocycles. The molecule has 1 atom stereocenters. The Bertz CT molecular complexity index is 643. The molecule has 0 saturated carbocycles. The van der Waals surface area contributed by atoms with Crippen LogP contribution in [0.1, 0.15) is 11.1 Å². The van der Waals surface area contributed by atoms with Gasteiger partial charge in [-0.05, 0) is 42.8 Å². The molecule has 2 rings (SSSR count). The third-order valence-electron chi connectivity index (χ3n) is 2.75. The first-order valence-corrected chi connectivity index (χ1v) is 6.97. The maximum atomic E-state index is 13.5. The van der Waals surface area contributed by atoms with Crippen molar-refractivity contribution in [3.8, 4) is 0 Å². The average molecular weight is 281 g/mol. The first kappa shape index (κ1) is 13.7. The molecule has 2 aromatic rings. The smallest absolute Gasteiger partial charge is 0.127 e. The first-order valence-electron chi connectivity index (χ1n) is 5.66. The third-order valence-corrected chi connectivity index (χ3v) is 4.26. The van der Waals surface area contributed by atoms with Crippen molar-refractivity contribution >= 4 is 16.5 Å². The Morgan fingerprint density at radius 2 is 1.89 bits per heavy atom. The topological polar surface area (TPSA) is 43.1 Å². The van der Waals surface area contributed by atoms with E-state index in [2.05, 4.69) is 0 Å². The van der Waals surface area contributed by atoms with E-state index in [1.165, 1.54) is 0 Å². The normalized spacial score (nSPS) is 12.4. The zero-order valence-electron chi connectivity index (χ0n) is 10.3. The van der Waals surface area contributed by atoms with Crippen LogP contribution in [0.5, 0.6) is 0 Å². The molecule has 0 bridgehead atoms. The van der Waals surface area contributed by atoms with Crippen molar-refractivity contribution < 1.29 is 13.0 Å². The van der Waals surface area contributed by atoms with Crippen LogP contribution in [0.25, 0.3) is 0 Å². The summed E-state index contributed by atoms with van der Waals surface area (Å²) in [5.74, 6) is -1.18. The number of anilines is 1. The number of aryl methyl sites for hydroxylation is 1. The maximum absolute atomic E-state index is 13.5. The van der Waals surface area contributed by atoms with Crippen molar-refractivity contribution in [2.45, 2.75) is 17.6 Å². The van der Waals surface area contributed by atoms with E-state index in [1.807, 2.05) is 0 Å². The van der Waals surface area contributed by atoms with Crippen LogP contribution in [0.15, 0.2) is 41.3 Å². The van der Waals surface area contributed by atoms with E-state index in [0.717, 1.165) is 23.8 Å². The van der Waals surface area contributed by atoms with Gasteiger partial charge >= 0.3 is 0 Å². The van der Waals surface area contributed by atoms with Gasteiger partial charge in [-0.15, -0.1) is 0 Å². The van der Waals surface area contributed by atoms with Crippen LogP contribution in [0.2, 0.25) is 0 Å². The van der Waals surface area contributed by atoms with Crippen LogP contribution in [0.4, 0.5) is 14.5 Å². The summed E-state index contributed by atoms with van der Waals surface area (Å²) in [4.78, 5) is 0.545. The lowest BCUT2D eigenvalue weighted by molar-refractivity contribution is 0.590. The Hall–Kier alpha value is -1.75. The monoisotopic (exact) mass is 281 g/mol. The van der Waals surface area contributed by atoms with Gasteiger partial charge in [-0.3, -0.25) is 4.21 Å². The Morgan fingerprint density at radius 3 is 2.63 bits per heavy atom. The second kappa shape index (κ2) is 5.48. The minimum Gasteiger partial charge on any atom is -0.399 e. The van der Waals surface area contributed by atoms with Crippen molar-refractivity contribution in [1.29, 1.82) is 0 Å². The molecule has 0 amide bonds. The molecular weight excluding hydrogens is 268 g/mol. The van der Waals surface area contributed by atoms with E-state index >= 15 is 0 Å². The summed E-state index contributed by atoms with van der Waals surface area (Å²) in [5.41, 5.74) is 7.05. The summed E-state index contributed by atoms with van der Waals surface area (Å²) in [6, 6.07) is 8.20. The molecule has 5 heteroatoms. The van der Waals surface area contributed by atoms with E-state index in [9.17, 15) is 13.0 Å². The molecule has 0 spiro atoms. The number of rotatable bonds is 3. The SMILES string of the molecule is Cc1ccc(N)cc1S(=O)Cc1cc(F)ccc1F. The van der Waals surface area contributed by atoms with Gasteiger partial charge in [-0.2, -0.15) is 0 Å². The van der Waals surface area contributed by atoms with Gasteiger partial charge in [0.25, 0.3) is 0 Å². The second-order valence-corrected chi connectivity index (χ2v) is 5.67. The van der Waals surface area contributed by atoms with Crippen LogP contribution in [-0.2, 0) is 16.6 Å². The fourth-order valence-corrected chi connectivity index (χ4v) is 3.09. The van der Waals surface area contributed by atoms with E-state index in [-0.39, 0.29) is 11.3 Å². The quantitative estimate of drug-likeness (QED) is 0.878. The summed E-state index contributed by atoms with van der Waals surface area (Å²) in [6.45, 7) is 1.80. The predicted molar refractivity (Wildman–Crippen MR) is 72.1 cm³/mol. The van der Waals surface area contributed by atoms with Crippen LogP contribution in [-0.4, -0.2) is 4.21 Å². The van der Waals surface area contributed by atoms with Gasteiger partial charge in [0.2, 0.25) is 0 Å². The Kier molecular flexibility index (Phi) is 3.95. The Morgan fingerprint density at radius 1 is 1.16 bits per heavy atom. The first-order chi connectivity index (χ1) is 8.97. The molecule has 100 valence electrons. The van der Waals surface area contributed by atoms with Gasteiger partial charge in [-0.25, -0.2) is 8.78 Å². The predicted octanol–water partition coefficient (Wildman–Crippen LogP) is 3.16. The van der Waals surface area contributed by atoms with Crippen LogP contribution >= 0.6 is 0 Å². The lowest BCUT2D eigenvalue weighted by Gasteiger charge is -2.08. The Balaban J connectivity index is 2.30. The minimum atomic E-state index is -1.46. The van der Waals surface area contributed by atoms with Crippen LogP contribution < -0.4 is 5.73 Å². The zero-order valence-corrected chi connectivity index (χ0v) is 11.1. The number of nitrogen functional groups attached to an aromatic ring is 1. The summed E-state index contributed by atoms with van der Waals surface area (Å²) in [5, 5.41) is 0. The Labute approximate surface area is 112 Å². The molecule has 2 nitrogen and oxygen atoms in total. The molecule has 0 aromatic heterocycles. The van der Waals surface area contributed by atoms with Gasteiger partial charge in [0.1, 0.15) is 11.6 Å². The number of hydrogen-bond donors (Lipinski definition) is 1. The van der Waals surface area contributed by atoms with Gasteiger partial charge in [0.15, 0.2) is 0 Å². The van der Waals surface area contributed by atoms with Gasteiger partial charge in [-0.1, -0.05) is 6.07 Å². The highest BCUT2D eigenvalue weighted by atomic mass is 32.2. The van der Waals surface area contributed by atoms with Gasteiger partial charge in [0.05, 0.1) is 16.6 Å². The third kappa shape index (κ3) is 3.17. The summed E-state index contributed by atoms with van der Waals surface area (Å²) >= 11 is 0. The highest BCUT2D eigenvalue weighted by Crippen LogP contribution is 2.21. The van der Waals surface area contributed by atoms with E-state index in [0.29, 0.717) is 10.6 Å². The standard InChI is InChI=1S/C14H13F2NOS/c1-9-2-4-12(17)7-14(9)19(18)8-10-6-11(15)3-5-13(10)16/h2-7H,8,17H2,1H3. The summed E-state index contributed by atoms with van der Waals surface area (Å²) in [7, 11) is -1.46. The largest absolute Gasteiger partial charge is 0.399 e. The van der Waals surface area contributed by atoms with E-state index in [4.69, 9.17) is 5.73 Å². The van der Waals surface area contributed by atoms with E-state index in [1.54, 1.807) is 25.1 Å². The molecular formula is C14H13F2NOS. The fraction of sp³-hybridized carbons (Fsp3) is 0.143. The average Bonchev–Trinajstić information content (AvgIpc) is 2.36. The molecule has 1 unspecified atom stereocenters. The van der Waals surface area contributed by atoms with Crippen molar-refractivity contribution in [2.75, 3.05) is 5.73 Å². The lowest BCUT2D eigenvalue weighted by atomic mass is 10.2. The fourth-order valence-electron chi connectivity index (χ4n) is 1.73. The highest BCUT2D eigenvalue weighted by molar-refractivity contribution is 7.84. The van der Waals surface area contributed by atoms with Gasteiger partial charge in [0, 0.05) is 16.1 Å². The van der Waals surface area contributed by atoms with Crippen LogP contribution in [0.3, 0.4) is 0 Å². The van der Waals surface area contributed by atoms with Crippen molar-refractivity contribution in [1.82, 2.24) is 0 Å². The van der Waals surface area contributed by atoms with Crippen molar-refractivity contribution in [3.63, 3.8) is 0 Å². The molecule has 0 fully saturated rings. The van der Waals surface area contributed by atoms with E-state index < -0.39 is 22.4 Å². The van der Waals surface area contributed by atoms with Crippen molar-refractivity contribution in [2.24, 2.45) is 0 Å².